The smallest absolute Gasteiger partial charge is 0.276 e. The molecule has 4 N–H and O–H groups in total. The first-order valence-electron chi connectivity index (χ1n) is 11.5. The number of carboxylic acid groups (broad SMARTS) is 1. The van der Waals surface area contributed by atoms with Crippen molar-refractivity contribution in [1.29, 1.82) is 0 Å². The summed E-state index contributed by atoms with van der Waals surface area (Å²) in [4.78, 5) is 48.2. The number of aliphatic carboxylic acids is 1. The Balaban J connectivity index is 1.38. The third-order valence-corrected chi connectivity index (χ3v) is 8.90. The van der Waals surface area contributed by atoms with E-state index in [-0.39, 0.29) is 45.5 Å². The van der Waals surface area contributed by atoms with Gasteiger partial charge >= 0.3 is 0 Å². The van der Waals surface area contributed by atoms with E-state index in [0.29, 0.717) is 5.57 Å². The van der Waals surface area contributed by atoms with Crippen LogP contribution in [0.15, 0.2) is 41.0 Å². The summed E-state index contributed by atoms with van der Waals surface area (Å²) < 4.78 is 3.85. The van der Waals surface area contributed by atoms with Crippen LogP contribution in [0.3, 0.4) is 0 Å². The molecule has 0 saturated carbocycles. The first-order valence-corrected chi connectivity index (χ1v) is 13.7. The fraction of sp³-hybridized carbons (Fsp3) is 0.304. The van der Waals surface area contributed by atoms with E-state index >= 15 is 0 Å². The summed E-state index contributed by atoms with van der Waals surface area (Å²) in [6.07, 6.45) is 3.57. The highest BCUT2D eigenvalue weighted by Crippen LogP contribution is 2.40. The number of thioether (sulfide) groups is 1. The Hall–Kier alpha value is -3.66. The van der Waals surface area contributed by atoms with E-state index in [4.69, 9.17) is 22.2 Å². The number of aliphatic hydroxyl groups is 1. The summed E-state index contributed by atoms with van der Waals surface area (Å²) in [5, 5.41) is 27.5. The fourth-order valence-electron chi connectivity index (χ4n) is 4.62. The number of rotatable bonds is 8. The molecule has 39 heavy (non-hydrogen) atoms. The van der Waals surface area contributed by atoms with Crippen LogP contribution in [-0.4, -0.2) is 67.2 Å². The number of thiazole rings is 1. The molecule has 3 aromatic heterocycles. The van der Waals surface area contributed by atoms with Gasteiger partial charge in [0.05, 0.1) is 24.5 Å². The monoisotopic (exact) mass is 591 g/mol. The highest BCUT2D eigenvalue weighted by molar-refractivity contribution is 8.00. The number of halogens is 1. The van der Waals surface area contributed by atoms with E-state index in [0.717, 1.165) is 33.1 Å². The SMILES string of the molecule is CO/N=C(\C(=O)N[C@@H]1C(=O)N2C(C(=O)[O-])=C(C[n+]3ccn4c(CO)ccc4c3C)CS[C@H]12)c1nc(N)sc1Cl. The maximum Gasteiger partial charge on any atom is 0.276 e. The van der Waals surface area contributed by atoms with Gasteiger partial charge in [0, 0.05) is 23.9 Å². The molecule has 0 aromatic carbocycles. The van der Waals surface area contributed by atoms with E-state index in [1.807, 2.05) is 28.0 Å². The van der Waals surface area contributed by atoms with Gasteiger partial charge in [0.25, 0.3) is 11.8 Å². The van der Waals surface area contributed by atoms with Gasteiger partial charge in [0.2, 0.25) is 5.69 Å². The van der Waals surface area contributed by atoms with Crippen molar-refractivity contribution in [3.05, 3.63) is 57.2 Å². The number of nitrogen functional groups attached to an aromatic ring is 1. The Labute approximate surface area is 234 Å². The normalized spacial score (nSPS) is 19.2. The first kappa shape index (κ1) is 26.9. The number of hydrogen-bond acceptors (Lipinski definition) is 11. The van der Waals surface area contributed by atoms with Crippen LogP contribution in [0.4, 0.5) is 5.13 Å². The molecular formula is C23H22ClN7O6S2. The summed E-state index contributed by atoms with van der Waals surface area (Å²) in [6.45, 7) is 1.98. The molecular weight excluding hydrogens is 570 g/mol. The molecule has 2 aliphatic heterocycles. The van der Waals surface area contributed by atoms with Crippen LogP contribution in [0.1, 0.15) is 17.1 Å². The number of nitrogens with one attached hydrogen (secondary N) is 1. The van der Waals surface area contributed by atoms with Gasteiger partial charge in [-0.2, -0.15) is 4.57 Å². The minimum absolute atomic E-state index is 0.00880. The molecule has 13 nitrogen and oxygen atoms in total. The molecule has 0 aliphatic carbocycles. The van der Waals surface area contributed by atoms with Crippen LogP contribution in [-0.2, 0) is 32.4 Å². The number of amides is 2. The standard InChI is InChI=1S/C23H22ClN7O6S2/c1-10-13-4-3-12(8-32)30(13)6-5-29(10)7-11-9-38-21-16(20(34)31(21)17(11)22(35)36)26-19(33)15(28-37-2)14-18(24)39-23(25)27-14/h3-6,16,21,32H,7-9H2,1-2H3,(H3-,25,26,27,33,35,36)/b28-15-/t16-,21-/m1/s1. The third kappa shape index (κ3) is 4.60. The molecule has 3 aromatic rings. The number of β-lactam (4-membered cyclic amide) rings is 1. The summed E-state index contributed by atoms with van der Waals surface area (Å²) in [5.74, 6) is -2.57. The second-order valence-corrected chi connectivity index (χ2v) is 11.4. The minimum Gasteiger partial charge on any atom is -0.543 e. The quantitative estimate of drug-likeness (QED) is 0.130. The lowest BCUT2D eigenvalue weighted by Gasteiger charge is -2.50. The zero-order valence-electron chi connectivity index (χ0n) is 20.6. The lowest BCUT2D eigenvalue weighted by atomic mass is 10.0. The number of anilines is 1. The molecule has 0 spiro atoms. The van der Waals surface area contributed by atoms with Gasteiger partial charge < -0.3 is 35.3 Å². The Kier molecular flexibility index (Phi) is 7.24. The number of fused-ring (bicyclic) bond motifs is 2. The van der Waals surface area contributed by atoms with E-state index in [1.165, 1.54) is 18.9 Å². The minimum atomic E-state index is -1.48. The van der Waals surface area contributed by atoms with Crippen LogP contribution >= 0.6 is 34.7 Å². The van der Waals surface area contributed by atoms with Crippen molar-refractivity contribution in [2.45, 2.75) is 31.5 Å². The van der Waals surface area contributed by atoms with Crippen molar-refractivity contribution in [2.24, 2.45) is 5.16 Å². The number of nitrogens with zero attached hydrogens (tertiary/aromatic N) is 5. The first-order chi connectivity index (χ1) is 18.7. The molecule has 2 amide bonds. The number of aromatic nitrogens is 3. The van der Waals surface area contributed by atoms with Crippen LogP contribution in [0.2, 0.25) is 4.34 Å². The van der Waals surface area contributed by atoms with Gasteiger partial charge in [-0.3, -0.25) is 14.5 Å². The lowest BCUT2D eigenvalue weighted by molar-refractivity contribution is -0.694. The van der Waals surface area contributed by atoms with Gasteiger partial charge in [0.1, 0.15) is 34.1 Å². The molecule has 0 radical (unpaired) electrons. The zero-order valence-corrected chi connectivity index (χ0v) is 23.0. The number of carboxylic acids is 1. The maximum absolute atomic E-state index is 13.1. The molecule has 204 valence electrons. The van der Waals surface area contributed by atoms with E-state index in [9.17, 15) is 24.6 Å². The van der Waals surface area contributed by atoms with Crippen molar-refractivity contribution in [3.63, 3.8) is 0 Å². The highest BCUT2D eigenvalue weighted by Gasteiger charge is 2.53. The molecule has 1 saturated heterocycles. The molecule has 5 rings (SSSR count). The van der Waals surface area contributed by atoms with Crippen molar-refractivity contribution >= 4 is 68.8 Å². The topological polar surface area (TPSA) is 179 Å². The molecule has 5 heterocycles. The average Bonchev–Trinajstić information content (AvgIpc) is 3.48. The molecule has 0 bridgehead atoms. The van der Waals surface area contributed by atoms with Crippen LogP contribution in [0.25, 0.3) is 5.52 Å². The van der Waals surface area contributed by atoms with Gasteiger partial charge in [-0.15, -0.1) is 11.8 Å². The average molecular weight is 592 g/mol. The Morgan fingerprint density at radius 3 is 2.85 bits per heavy atom. The number of aliphatic hydroxyl groups excluding tert-OH is 1. The van der Waals surface area contributed by atoms with Crippen LogP contribution in [0, 0.1) is 6.92 Å². The second-order valence-electron chi connectivity index (χ2n) is 8.65. The van der Waals surface area contributed by atoms with Crippen molar-refractivity contribution in [3.8, 4) is 0 Å². The number of oxime groups is 1. The third-order valence-electron chi connectivity index (χ3n) is 6.47. The second kappa shape index (κ2) is 10.5. The predicted molar refractivity (Wildman–Crippen MR) is 140 cm³/mol. The predicted octanol–water partition coefficient (Wildman–Crippen LogP) is -0.826. The van der Waals surface area contributed by atoms with Crippen molar-refractivity contribution in [2.75, 3.05) is 18.6 Å². The Morgan fingerprint density at radius 2 is 2.21 bits per heavy atom. The van der Waals surface area contributed by atoms with Crippen LogP contribution in [0.5, 0.6) is 0 Å². The molecule has 1 fully saturated rings. The Morgan fingerprint density at radius 1 is 1.44 bits per heavy atom. The van der Waals surface area contributed by atoms with Crippen LogP contribution < -0.4 is 20.7 Å². The summed E-state index contributed by atoms with van der Waals surface area (Å²) in [5.41, 5.74) is 8.12. The van der Waals surface area contributed by atoms with E-state index in [1.54, 1.807) is 12.4 Å². The summed E-state index contributed by atoms with van der Waals surface area (Å²) in [6, 6.07) is 2.67. The summed E-state index contributed by atoms with van der Waals surface area (Å²) >= 11 is 8.39. The zero-order chi connectivity index (χ0) is 28.0. The van der Waals surface area contributed by atoms with Crippen molar-refractivity contribution < 1.29 is 34.0 Å². The van der Waals surface area contributed by atoms with Gasteiger partial charge in [-0.25, -0.2) is 4.98 Å². The van der Waals surface area contributed by atoms with Gasteiger partial charge in [0.15, 0.2) is 23.6 Å². The molecule has 0 unspecified atom stereocenters. The number of aryl methyl sites for hydroxylation is 1. The van der Waals surface area contributed by atoms with Crippen molar-refractivity contribution in [1.82, 2.24) is 19.6 Å². The lowest BCUT2D eigenvalue weighted by Crippen LogP contribution is -2.71. The van der Waals surface area contributed by atoms with E-state index < -0.39 is 29.2 Å². The number of nitrogens with two attached hydrogens (primary N) is 1. The number of hydrogen-bond donors (Lipinski definition) is 3. The molecule has 2 atom stereocenters. The number of carbonyl (C=O) groups is 3. The number of carbonyl (C=O) groups excluding carboxylic acids is 3. The molecule has 16 heteroatoms. The van der Waals surface area contributed by atoms with E-state index in [2.05, 4.69) is 15.5 Å². The fourth-order valence-corrected chi connectivity index (χ4v) is 6.89. The van der Waals surface area contributed by atoms with Gasteiger partial charge in [-0.1, -0.05) is 28.1 Å². The molecule has 2 aliphatic rings. The largest absolute Gasteiger partial charge is 0.543 e. The van der Waals surface area contributed by atoms with Gasteiger partial charge in [-0.05, 0) is 12.1 Å². The highest BCUT2D eigenvalue weighted by atomic mass is 35.5. The Bertz CT molecular complexity index is 1580. The summed E-state index contributed by atoms with van der Waals surface area (Å²) in [7, 11) is 1.24. The maximum atomic E-state index is 13.1.